The fourth-order valence-electron chi connectivity index (χ4n) is 1.27. The van der Waals surface area contributed by atoms with Gasteiger partial charge in [-0.05, 0) is 12.1 Å². The van der Waals surface area contributed by atoms with Gasteiger partial charge in [-0.1, -0.05) is 17.8 Å². The smallest absolute Gasteiger partial charge is 0.251 e. The van der Waals surface area contributed by atoms with Crippen LogP contribution in [0.5, 0.6) is 0 Å². The van der Waals surface area contributed by atoms with Crippen molar-refractivity contribution in [1.82, 2.24) is 15.0 Å². The highest BCUT2D eigenvalue weighted by atomic mass is 32.2. The molecule has 0 saturated heterocycles. The summed E-state index contributed by atoms with van der Waals surface area (Å²) in [6.45, 7) is 0. The number of H-pyrrole nitrogens is 1. The molecule has 0 radical (unpaired) electrons. The van der Waals surface area contributed by atoms with Crippen molar-refractivity contribution in [2.45, 2.75) is 10.9 Å². The zero-order chi connectivity index (χ0) is 12.1. The van der Waals surface area contributed by atoms with Crippen LogP contribution in [0.25, 0.3) is 0 Å². The molecule has 0 aliphatic carbocycles. The zero-order valence-electron chi connectivity index (χ0n) is 9.30. The molecular weight excluding hydrogens is 236 g/mol. The Labute approximate surface area is 103 Å². The van der Waals surface area contributed by atoms with Gasteiger partial charge in [0.1, 0.15) is 5.82 Å². The Morgan fingerprint density at radius 2 is 2.29 bits per heavy atom. The van der Waals surface area contributed by atoms with Crippen LogP contribution in [-0.2, 0) is 5.75 Å². The van der Waals surface area contributed by atoms with E-state index in [1.54, 1.807) is 0 Å². The van der Waals surface area contributed by atoms with Gasteiger partial charge < -0.3 is 10.3 Å². The van der Waals surface area contributed by atoms with Crippen molar-refractivity contribution < 1.29 is 0 Å². The Morgan fingerprint density at radius 3 is 3.06 bits per heavy atom. The number of nitrogens with one attached hydrogen (secondary N) is 2. The van der Waals surface area contributed by atoms with Crippen molar-refractivity contribution in [1.29, 1.82) is 0 Å². The highest BCUT2D eigenvalue weighted by Crippen LogP contribution is 2.17. The number of rotatable bonds is 4. The van der Waals surface area contributed by atoms with E-state index in [4.69, 9.17) is 0 Å². The van der Waals surface area contributed by atoms with Crippen LogP contribution >= 0.6 is 11.8 Å². The third-order valence-corrected chi connectivity index (χ3v) is 2.99. The normalized spacial score (nSPS) is 10.2. The third-order valence-electron chi connectivity index (χ3n) is 2.07. The van der Waals surface area contributed by atoms with Gasteiger partial charge in [0.25, 0.3) is 5.56 Å². The van der Waals surface area contributed by atoms with E-state index in [2.05, 4.69) is 20.3 Å². The minimum atomic E-state index is -0.139. The molecule has 0 amide bonds. The van der Waals surface area contributed by atoms with E-state index in [1.165, 1.54) is 24.0 Å². The fraction of sp³-hybridized carbons (Fsp3) is 0.182. The lowest BCUT2D eigenvalue weighted by atomic mass is 10.4. The lowest BCUT2D eigenvalue weighted by Gasteiger charge is -2.03. The summed E-state index contributed by atoms with van der Waals surface area (Å²) >= 11 is 1.45. The number of thioether (sulfide) groups is 1. The number of hydrogen-bond donors (Lipinski definition) is 2. The Hall–Kier alpha value is -1.82. The topological polar surface area (TPSA) is 70.7 Å². The molecule has 88 valence electrons. The molecule has 6 heteroatoms. The van der Waals surface area contributed by atoms with Gasteiger partial charge in [0.2, 0.25) is 0 Å². The number of aromatic amines is 1. The van der Waals surface area contributed by atoms with Crippen LogP contribution in [0.4, 0.5) is 5.82 Å². The molecule has 0 unspecified atom stereocenters. The molecule has 0 aliphatic heterocycles. The number of hydrogen-bond acceptors (Lipinski definition) is 5. The van der Waals surface area contributed by atoms with Gasteiger partial charge in [-0.15, -0.1) is 0 Å². The first kappa shape index (κ1) is 11.7. The number of nitrogens with zero attached hydrogens (tertiary/aromatic N) is 2. The molecule has 0 bridgehead atoms. The lowest BCUT2D eigenvalue weighted by Crippen LogP contribution is -2.05. The van der Waals surface area contributed by atoms with Crippen molar-refractivity contribution in [3.05, 3.63) is 46.5 Å². The molecule has 2 heterocycles. The zero-order valence-corrected chi connectivity index (χ0v) is 10.1. The molecular formula is C11H12N4OS. The van der Waals surface area contributed by atoms with E-state index in [0.29, 0.717) is 10.9 Å². The summed E-state index contributed by atoms with van der Waals surface area (Å²) in [6, 6.07) is 7.17. The fourth-order valence-corrected chi connectivity index (χ4v) is 2.02. The summed E-state index contributed by atoms with van der Waals surface area (Å²) in [7, 11) is 1.83. The van der Waals surface area contributed by atoms with E-state index in [-0.39, 0.29) is 5.56 Å². The number of pyridine rings is 1. The largest absolute Gasteiger partial charge is 0.373 e. The molecule has 2 rings (SSSR count). The average molecular weight is 248 g/mol. The van der Waals surface area contributed by atoms with Crippen LogP contribution in [0, 0.1) is 0 Å². The Kier molecular flexibility index (Phi) is 3.77. The summed E-state index contributed by atoms with van der Waals surface area (Å²) in [4.78, 5) is 22.2. The molecule has 2 N–H and O–H groups in total. The maximum Gasteiger partial charge on any atom is 0.251 e. The second-order valence-electron chi connectivity index (χ2n) is 3.29. The summed E-state index contributed by atoms with van der Waals surface area (Å²) in [5.74, 6) is 1.50. The van der Waals surface area contributed by atoms with Gasteiger partial charge in [-0.3, -0.25) is 4.79 Å². The van der Waals surface area contributed by atoms with Crippen molar-refractivity contribution in [2.75, 3.05) is 12.4 Å². The molecule has 5 nitrogen and oxygen atoms in total. The van der Waals surface area contributed by atoms with Gasteiger partial charge in [0, 0.05) is 25.1 Å². The van der Waals surface area contributed by atoms with E-state index >= 15 is 0 Å². The van der Waals surface area contributed by atoms with Crippen molar-refractivity contribution >= 4 is 17.6 Å². The number of aromatic nitrogens is 3. The van der Waals surface area contributed by atoms with E-state index < -0.39 is 0 Å². The van der Waals surface area contributed by atoms with Crippen molar-refractivity contribution in [3.63, 3.8) is 0 Å². The second-order valence-corrected chi connectivity index (χ2v) is 4.26. The second kappa shape index (κ2) is 5.49. The van der Waals surface area contributed by atoms with E-state index in [0.717, 1.165) is 11.5 Å². The number of anilines is 1. The molecule has 0 fully saturated rings. The average Bonchev–Trinajstić information content (AvgIpc) is 2.37. The molecule has 17 heavy (non-hydrogen) atoms. The molecule has 0 aromatic carbocycles. The molecule has 0 atom stereocenters. The molecule has 0 spiro atoms. The van der Waals surface area contributed by atoms with Gasteiger partial charge in [0.05, 0.1) is 5.69 Å². The van der Waals surface area contributed by atoms with Crippen LogP contribution < -0.4 is 10.9 Å². The van der Waals surface area contributed by atoms with Crippen LogP contribution in [-0.4, -0.2) is 22.0 Å². The summed E-state index contributed by atoms with van der Waals surface area (Å²) in [6.07, 6.45) is 1.50. The quantitative estimate of drug-likeness (QED) is 0.634. The highest BCUT2D eigenvalue weighted by molar-refractivity contribution is 7.98. The van der Waals surface area contributed by atoms with Crippen LogP contribution in [0.3, 0.4) is 0 Å². The molecule has 0 saturated carbocycles. The minimum absolute atomic E-state index is 0.139. The SMILES string of the molecule is CNc1cccc(CSc2nccc(=O)[nH]2)n1. The minimum Gasteiger partial charge on any atom is -0.373 e. The van der Waals surface area contributed by atoms with Crippen molar-refractivity contribution in [3.8, 4) is 0 Å². The first-order chi connectivity index (χ1) is 8.28. The van der Waals surface area contributed by atoms with Gasteiger partial charge in [-0.25, -0.2) is 9.97 Å². The molecule has 2 aromatic heterocycles. The Bertz CT molecular complexity index is 555. The monoisotopic (exact) mass is 248 g/mol. The van der Waals surface area contributed by atoms with Crippen molar-refractivity contribution in [2.24, 2.45) is 0 Å². The van der Waals surface area contributed by atoms with Crippen LogP contribution in [0.2, 0.25) is 0 Å². The summed E-state index contributed by atoms with van der Waals surface area (Å²) in [5.41, 5.74) is 0.799. The predicted molar refractivity (Wildman–Crippen MR) is 68.2 cm³/mol. The van der Waals surface area contributed by atoms with Crippen LogP contribution in [0.1, 0.15) is 5.69 Å². The predicted octanol–water partition coefficient (Wildman–Crippen LogP) is 1.50. The summed E-state index contributed by atoms with van der Waals surface area (Å²) < 4.78 is 0. The van der Waals surface area contributed by atoms with Gasteiger partial charge in [-0.2, -0.15) is 0 Å². The summed E-state index contributed by atoms with van der Waals surface area (Å²) in [5, 5.41) is 3.59. The molecule has 2 aromatic rings. The van der Waals surface area contributed by atoms with E-state index in [1.807, 2.05) is 25.2 Å². The molecule has 0 aliphatic rings. The van der Waals surface area contributed by atoms with Crippen LogP contribution in [0.15, 0.2) is 40.4 Å². The maximum absolute atomic E-state index is 11.1. The maximum atomic E-state index is 11.1. The van der Waals surface area contributed by atoms with E-state index in [9.17, 15) is 4.79 Å². The first-order valence-corrected chi connectivity index (χ1v) is 6.08. The standard InChI is InChI=1S/C11H12N4OS/c1-12-9-4-2-3-8(14-9)7-17-11-13-6-5-10(16)15-11/h2-6H,7H2,1H3,(H,12,14)(H,13,15,16). The Morgan fingerprint density at radius 1 is 1.41 bits per heavy atom. The highest BCUT2D eigenvalue weighted by Gasteiger charge is 2.00. The lowest BCUT2D eigenvalue weighted by molar-refractivity contribution is 0.935. The van der Waals surface area contributed by atoms with Gasteiger partial charge in [0.15, 0.2) is 5.16 Å². The Balaban J connectivity index is 2.04. The van der Waals surface area contributed by atoms with Gasteiger partial charge >= 0.3 is 0 Å². The third kappa shape index (κ3) is 3.32. The first-order valence-electron chi connectivity index (χ1n) is 5.10.